The van der Waals surface area contributed by atoms with Crippen LogP contribution in [-0.2, 0) is 16.7 Å². The Bertz CT molecular complexity index is 1020. The SMILES string of the molecule is C[C@H]1OC[C@]2(c3cc(CC(=O)c4cnc(OC(F)F)cn4)ccc3F)N=C(N)SC[C@H]12. The smallest absolute Gasteiger partial charge is 0.388 e. The quantitative estimate of drug-likeness (QED) is 0.673. The second-order valence-electron chi connectivity index (χ2n) is 7.34. The molecule has 31 heavy (non-hydrogen) atoms. The first-order valence-electron chi connectivity index (χ1n) is 9.47. The van der Waals surface area contributed by atoms with E-state index in [-0.39, 0.29) is 36.6 Å². The zero-order valence-electron chi connectivity index (χ0n) is 16.4. The van der Waals surface area contributed by atoms with Gasteiger partial charge in [0.15, 0.2) is 11.0 Å². The van der Waals surface area contributed by atoms with Crippen LogP contribution in [-0.4, -0.2) is 46.0 Å². The van der Waals surface area contributed by atoms with Gasteiger partial charge in [0.1, 0.15) is 17.1 Å². The molecule has 2 aliphatic rings. The summed E-state index contributed by atoms with van der Waals surface area (Å²) >= 11 is 1.41. The molecule has 0 unspecified atom stereocenters. The molecular weight excluding hydrogens is 433 g/mol. The number of nitrogens with zero attached hydrogens (tertiary/aromatic N) is 3. The Kier molecular flexibility index (Phi) is 5.89. The molecule has 2 N–H and O–H groups in total. The van der Waals surface area contributed by atoms with Crippen LogP contribution in [0, 0.1) is 11.7 Å². The van der Waals surface area contributed by atoms with Gasteiger partial charge in [-0.2, -0.15) is 8.78 Å². The predicted octanol–water partition coefficient (Wildman–Crippen LogP) is 2.93. The Morgan fingerprint density at radius 3 is 2.90 bits per heavy atom. The van der Waals surface area contributed by atoms with Gasteiger partial charge in [-0.25, -0.2) is 19.4 Å². The van der Waals surface area contributed by atoms with Gasteiger partial charge in [-0.3, -0.25) is 4.79 Å². The first kappa shape index (κ1) is 21.6. The number of hydrogen-bond donors (Lipinski definition) is 1. The number of fused-ring (bicyclic) bond motifs is 1. The highest BCUT2D eigenvalue weighted by atomic mass is 32.2. The van der Waals surface area contributed by atoms with Crippen molar-refractivity contribution in [3.63, 3.8) is 0 Å². The molecule has 3 heterocycles. The van der Waals surface area contributed by atoms with E-state index < -0.39 is 23.8 Å². The lowest BCUT2D eigenvalue weighted by molar-refractivity contribution is -0.0531. The minimum atomic E-state index is -3.03. The normalized spacial score (nSPS) is 25.3. The van der Waals surface area contributed by atoms with Crippen LogP contribution in [0.4, 0.5) is 13.2 Å². The first-order chi connectivity index (χ1) is 14.8. The molecule has 1 aromatic carbocycles. The van der Waals surface area contributed by atoms with Gasteiger partial charge in [-0.1, -0.05) is 17.8 Å². The van der Waals surface area contributed by atoms with Gasteiger partial charge in [0.2, 0.25) is 5.88 Å². The molecule has 3 atom stereocenters. The van der Waals surface area contributed by atoms with Crippen molar-refractivity contribution in [1.82, 2.24) is 9.97 Å². The van der Waals surface area contributed by atoms with E-state index in [0.29, 0.717) is 22.0 Å². The summed E-state index contributed by atoms with van der Waals surface area (Å²) in [6, 6.07) is 4.41. The van der Waals surface area contributed by atoms with E-state index in [9.17, 15) is 18.0 Å². The highest BCUT2D eigenvalue weighted by molar-refractivity contribution is 8.13. The summed E-state index contributed by atoms with van der Waals surface area (Å²) in [6.45, 7) is -0.908. The molecule has 0 radical (unpaired) electrons. The summed E-state index contributed by atoms with van der Waals surface area (Å²) in [5.41, 5.74) is 5.89. The fourth-order valence-electron chi connectivity index (χ4n) is 3.90. The van der Waals surface area contributed by atoms with Gasteiger partial charge in [0.25, 0.3) is 0 Å². The maximum Gasteiger partial charge on any atom is 0.388 e. The largest absolute Gasteiger partial charge is 0.415 e. The Labute approximate surface area is 180 Å². The maximum absolute atomic E-state index is 14.9. The molecule has 0 aliphatic carbocycles. The van der Waals surface area contributed by atoms with Crippen LogP contribution in [0.3, 0.4) is 0 Å². The van der Waals surface area contributed by atoms with Gasteiger partial charge in [-0.15, -0.1) is 0 Å². The number of aliphatic imine (C=N–C) groups is 1. The Morgan fingerprint density at radius 1 is 1.39 bits per heavy atom. The highest BCUT2D eigenvalue weighted by Gasteiger charge is 2.52. The molecule has 0 saturated carbocycles. The third kappa shape index (κ3) is 4.24. The van der Waals surface area contributed by atoms with Crippen LogP contribution < -0.4 is 10.5 Å². The third-order valence-electron chi connectivity index (χ3n) is 5.45. The van der Waals surface area contributed by atoms with Gasteiger partial charge in [0.05, 0.1) is 25.1 Å². The van der Waals surface area contributed by atoms with Crippen molar-refractivity contribution in [1.29, 1.82) is 0 Å². The summed E-state index contributed by atoms with van der Waals surface area (Å²) in [7, 11) is 0. The van der Waals surface area contributed by atoms with Crippen LogP contribution in [0.1, 0.15) is 28.5 Å². The number of aromatic nitrogens is 2. The van der Waals surface area contributed by atoms with Crippen molar-refractivity contribution < 1.29 is 27.4 Å². The molecule has 1 aromatic heterocycles. The number of carbonyl (C=O) groups excluding carboxylic acids is 1. The summed E-state index contributed by atoms with van der Waals surface area (Å²) in [5, 5.41) is 0.371. The summed E-state index contributed by atoms with van der Waals surface area (Å²) in [6.07, 6.45) is 1.82. The maximum atomic E-state index is 14.9. The van der Waals surface area contributed by atoms with E-state index in [1.54, 1.807) is 6.07 Å². The van der Waals surface area contributed by atoms with Crippen molar-refractivity contribution in [2.24, 2.45) is 16.6 Å². The van der Waals surface area contributed by atoms with Gasteiger partial charge >= 0.3 is 6.61 Å². The number of hydrogen-bond acceptors (Lipinski definition) is 8. The number of carbonyl (C=O) groups is 1. The molecule has 7 nitrogen and oxygen atoms in total. The monoisotopic (exact) mass is 452 g/mol. The lowest BCUT2D eigenvalue weighted by atomic mass is 9.78. The molecular formula is C20H19F3N4O3S. The third-order valence-corrected chi connectivity index (χ3v) is 6.37. The Hall–Kier alpha value is -2.66. The second-order valence-corrected chi connectivity index (χ2v) is 8.38. The minimum Gasteiger partial charge on any atom is -0.415 e. The van der Waals surface area contributed by atoms with Crippen LogP contribution in [0.15, 0.2) is 35.6 Å². The molecule has 0 spiro atoms. The molecule has 164 valence electrons. The molecule has 1 fully saturated rings. The van der Waals surface area contributed by atoms with Crippen molar-refractivity contribution in [3.05, 3.63) is 53.2 Å². The topological polar surface area (TPSA) is 99.7 Å². The van der Waals surface area contributed by atoms with Crippen molar-refractivity contribution in [2.75, 3.05) is 12.4 Å². The van der Waals surface area contributed by atoms with Crippen molar-refractivity contribution in [2.45, 2.75) is 31.6 Å². The number of rotatable bonds is 6. The Morgan fingerprint density at radius 2 is 2.19 bits per heavy atom. The zero-order valence-corrected chi connectivity index (χ0v) is 17.2. The average Bonchev–Trinajstić information content (AvgIpc) is 3.06. The van der Waals surface area contributed by atoms with E-state index in [4.69, 9.17) is 10.5 Å². The number of nitrogens with two attached hydrogens (primary N) is 1. The highest BCUT2D eigenvalue weighted by Crippen LogP contribution is 2.48. The van der Waals surface area contributed by atoms with Gasteiger partial charge < -0.3 is 15.2 Å². The number of thioether (sulfide) groups is 1. The summed E-state index contributed by atoms with van der Waals surface area (Å²) in [5.74, 6) is -0.640. The molecule has 0 amide bonds. The van der Waals surface area contributed by atoms with Gasteiger partial charge in [-0.05, 0) is 24.6 Å². The van der Waals surface area contributed by atoms with Gasteiger partial charge in [0, 0.05) is 23.7 Å². The van der Waals surface area contributed by atoms with E-state index in [1.807, 2.05) is 6.92 Å². The number of alkyl halides is 2. The van der Waals surface area contributed by atoms with Crippen molar-refractivity contribution in [3.8, 4) is 5.88 Å². The number of ketones is 1. The summed E-state index contributed by atoms with van der Waals surface area (Å²) in [4.78, 5) is 24.6. The molecule has 4 rings (SSSR count). The first-order valence-corrected chi connectivity index (χ1v) is 10.5. The van der Waals surface area contributed by atoms with Crippen LogP contribution >= 0.6 is 11.8 Å². The lowest BCUT2D eigenvalue weighted by Gasteiger charge is -2.35. The Balaban J connectivity index is 1.60. The predicted molar refractivity (Wildman–Crippen MR) is 108 cm³/mol. The summed E-state index contributed by atoms with van der Waals surface area (Å²) < 4.78 is 49.2. The van der Waals surface area contributed by atoms with Crippen LogP contribution in [0.2, 0.25) is 0 Å². The van der Waals surface area contributed by atoms with E-state index in [0.717, 1.165) is 12.4 Å². The standard InChI is InChI=1S/C20H19F3N4O3S/c1-10-13-8-31-19(24)27-20(13,9-29-10)12-4-11(2-3-14(12)21)5-16(28)15-6-26-17(7-25-15)30-18(22)23/h2-4,6-7,10,13,18H,5,8-9H2,1H3,(H2,24,27)/t10-,13-,20-/m1/s1. The molecule has 11 heteroatoms. The van der Waals surface area contributed by atoms with Crippen LogP contribution in [0.5, 0.6) is 5.88 Å². The fourth-order valence-corrected chi connectivity index (χ4v) is 5.03. The number of ether oxygens (including phenoxy) is 2. The molecule has 2 aromatic rings. The number of benzene rings is 1. The zero-order chi connectivity index (χ0) is 22.2. The fraction of sp³-hybridized carbons (Fsp3) is 0.400. The van der Waals surface area contributed by atoms with E-state index in [2.05, 4.69) is 19.7 Å². The minimum absolute atomic E-state index is 0.0160. The lowest BCUT2D eigenvalue weighted by Crippen LogP contribution is -2.41. The number of amidine groups is 1. The van der Waals surface area contributed by atoms with E-state index in [1.165, 1.54) is 23.9 Å². The van der Waals surface area contributed by atoms with E-state index >= 15 is 0 Å². The molecule has 2 aliphatic heterocycles. The number of Topliss-reactive ketones (excluding diaryl/α,β-unsaturated/α-hetero) is 1. The van der Waals surface area contributed by atoms with Crippen LogP contribution in [0.25, 0.3) is 0 Å². The average molecular weight is 452 g/mol. The second kappa shape index (κ2) is 8.46. The number of halogens is 3. The van der Waals surface area contributed by atoms with Crippen molar-refractivity contribution >= 4 is 22.7 Å². The molecule has 1 saturated heterocycles. The molecule has 0 bridgehead atoms.